The lowest BCUT2D eigenvalue weighted by Crippen LogP contribution is -2.60. The fraction of sp³-hybridized carbons (Fsp3) is 0.909. The molecule has 2 aliphatic rings. The van der Waals surface area contributed by atoms with Gasteiger partial charge in [-0.05, 0) is 13.5 Å². The molecule has 2 saturated heterocycles. The number of carbonyl (C=O) groups is 1. The standard InChI is InChI=1S/C11H22N4O2/c1-14-3-4-15(10(6-12)7-14)11(16)13-9-2-5-17-8-9/h9-10H,2-8,12H2,1H3,(H,13,16). The van der Waals surface area contributed by atoms with Crippen molar-refractivity contribution in [1.29, 1.82) is 0 Å². The summed E-state index contributed by atoms with van der Waals surface area (Å²) in [5.41, 5.74) is 5.73. The van der Waals surface area contributed by atoms with Gasteiger partial charge in [0.15, 0.2) is 0 Å². The number of rotatable bonds is 2. The highest BCUT2D eigenvalue weighted by Gasteiger charge is 2.29. The van der Waals surface area contributed by atoms with Crippen LogP contribution in [0.5, 0.6) is 0 Å². The van der Waals surface area contributed by atoms with E-state index in [0.717, 1.165) is 32.7 Å². The average Bonchev–Trinajstić information content (AvgIpc) is 2.81. The summed E-state index contributed by atoms with van der Waals surface area (Å²) in [4.78, 5) is 16.2. The number of nitrogens with one attached hydrogen (secondary N) is 1. The zero-order valence-electron chi connectivity index (χ0n) is 10.4. The van der Waals surface area contributed by atoms with Gasteiger partial charge in [0.05, 0.1) is 18.7 Å². The highest BCUT2D eigenvalue weighted by Crippen LogP contribution is 2.10. The lowest BCUT2D eigenvalue weighted by atomic mass is 10.2. The number of likely N-dealkylation sites (N-methyl/N-ethyl adjacent to an activating group) is 1. The fourth-order valence-electron chi connectivity index (χ4n) is 2.39. The summed E-state index contributed by atoms with van der Waals surface area (Å²) in [6.45, 7) is 4.40. The number of urea groups is 1. The number of ether oxygens (including phenoxy) is 1. The summed E-state index contributed by atoms with van der Waals surface area (Å²) in [5.74, 6) is 0. The molecular weight excluding hydrogens is 220 g/mol. The summed E-state index contributed by atoms with van der Waals surface area (Å²) >= 11 is 0. The van der Waals surface area contributed by atoms with Crippen molar-refractivity contribution in [2.45, 2.75) is 18.5 Å². The fourth-order valence-corrected chi connectivity index (χ4v) is 2.39. The van der Waals surface area contributed by atoms with Gasteiger partial charge in [0.1, 0.15) is 0 Å². The van der Waals surface area contributed by atoms with Crippen LogP contribution in [0.4, 0.5) is 4.79 Å². The van der Waals surface area contributed by atoms with E-state index in [-0.39, 0.29) is 18.1 Å². The van der Waals surface area contributed by atoms with Crippen LogP contribution in [0.3, 0.4) is 0 Å². The molecule has 98 valence electrons. The lowest BCUT2D eigenvalue weighted by Gasteiger charge is -2.39. The smallest absolute Gasteiger partial charge is 0.318 e. The molecule has 2 fully saturated rings. The molecule has 0 aliphatic carbocycles. The SMILES string of the molecule is CN1CCN(C(=O)NC2CCOC2)C(CN)C1. The minimum Gasteiger partial charge on any atom is -0.379 e. The van der Waals surface area contributed by atoms with E-state index < -0.39 is 0 Å². The molecule has 2 rings (SSSR count). The molecule has 2 atom stereocenters. The van der Waals surface area contributed by atoms with Crippen molar-refractivity contribution in [3.63, 3.8) is 0 Å². The van der Waals surface area contributed by atoms with Gasteiger partial charge in [-0.1, -0.05) is 0 Å². The Labute approximate surface area is 102 Å². The van der Waals surface area contributed by atoms with E-state index in [2.05, 4.69) is 17.3 Å². The molecule has 0 aromatic rings. The summed E-state index contributed by atoms with van der Waals surface area (Å²) in [5, 5.41) is 3.02. The molecule has 2 amide bonds. The van der Waals surface area contributed by atoms with E-state index in [0.29, 0.717) is 13.2 Å². The van der Waals surface area contributed by atoms with Gasteiger partial charge in [-0.3, -0.25) is 0 Å². The quantitative estimate of drug-likeness (QED) is 0.655. The second-order valence-corrected chi connectivity index (χ2v) is 4.86. The van der Waals surface area contributed by atoms with Crippen molar-refractivity contribution in [2.75, 3.05) is 46.4 Å². The van der Waals surface area contributed by atoms with Crippen LogP contribution in [0.1, 0.15) is 6.42 Å². The first-order chi connectivity index (χ1) is 8.20. The first-order valence-corrected chi connectivity index (χ1v) is 6.24. The van der Waals surface area contributed by atoms with Gasteiger partial charge >= 0.3 is 6.03 Å². The number of piperazine rings is 1. The van der Waals surface area contributed by atoms with E-state index in [1.54, 1.807) is 0 Å². The summed E-state index contributed by atoms with van der Waals surface area (Å²) in [6.07, 6.45) is 0.909. The third kappa shape index (κ3) is 3.08. The highest BCUT2D eigenvalue weighted by molar-refractivity contribution is 5.75. The predicted molar refractivity (Wildman–Crippen MR) is 64.8 cm³/mol. The number of nitrogens with zero attached hydrogens (tertiary/aromatic N) is 2. The van der Waals surface area contributed by atoms with Gasteiger partial charge in [-0.15, -0.1) is 0 Å². The van der Waals surface area contributed by atoms with Crippen LogP contribution in [-0.4, -0.2) is 74.4 Å². The summed E-state index contributed by atoms with van der Waals surface area (Å²) in [7, 11) is 2.06. The van der Waals surface area contributed by atoms with Crippen molar-refractivity contribution < 1.29 is 9.53 Å². The van der Waals surface area contributed by atoms with Crippen molar-refractivity contribution in [2.24, 2.45) is 5.73 Å². The molecule has 0 aromatic heterocycles. The molecule has 0 spiro atoms. The van der Waals surface area contributed by atoms with Gasteiger partial charge < -0.3 is 25.6 Å². The van der Waals surface area contributed by atoms with E-state index in [1.807, 2.05) is 4.90 Å². The zero-order chi connectivity index (χ0) is 12.3. The number of amides is 2. The van der Waals surface area contributed by atoms with E-state index in [4.69, 9.17) is 10.5 Å². The Hall–Kier alpha value is -0.850. The van der Waals surface area contributed by atoms with Crippen LogP contribution in [-0.2, 0) is 4.74 Å². The number of nitrogens with two attached hydrogens (primary N) is 1. The number of hydrogen-bond acceptors (Lipinski definition) is 4. The topological polar surface area (TPSA) is 70.8 Å². The van der Waals surface area contributed by atoms with Gasteiger partial charge in [-0.2, -0.15) is 0 Å². The Balaban J connectivity index is 1.88. The second kappa shape index (κ2) is 5.66. The maximum Gasteiger partial charge on any atom is 0.318 e. The van der Waals surface area contributed by atoms with Gasteiger partial charge in [0, 0.05) is 32.8 Å². The normalized spacial score (nSPS) is 30.6. The maximum absolute atomic E-state index is 12.1. The first-order valence-electron chi connectivity index (χ1n) is 6.24. The van der Waals surface area contributed by atoms with Crippen LogP contribution in [0.15, 0.2) is 0 Å². The minimum absolute atomic E-state index is 0.00375. The van der Waals surface area contributed by atoms with Crippen LogP contribution < -0.4 is 11.1 Å². The first kappa shape index (κ1) is 12.6. The molecule has 2 aliphatic heterocycles. The van der Waals surface area contributed by atoms with Crippen molar-refractivity contribution >= 4 is 6.03 Å². The number of hydrogen-bond donors (Lipinski definition) is 2. The third-order valence-electron chi connectivity index (χ3n) is 3.48. The van der Waals surface area contributed by atoms with Gasteiger partial charge in [-0.25, -0.2) is 4.79 Å². The molecule has 0 bridgehead atoms. The molecular formula is C11H22N4O2. The van der Waals surface area contributed by atoms with Crippen molar-refractivity contribution in [3.8, 4) is 0 Å². The Kier molecular flexibility index (Phi) is 4.20. The molecule has 17 heavy (non-hydrogen) atoms. The Morgan fingerprint density at radius 3 is 3.00 bits per heavy atom. The minimum atomic E-state index is 0.00375. The van der Waals surface area contributed by atoms with Crippen molar-refractivity contribution in [3.05, 3.63) is 0 Å². The number of carbonyl (C=O) groups excluding carboxylic acids is 1. The Morgan fingerprint density at radius 2 is 2.35 bits per heavy atom. The summed E-state index contributed by atoms with van der Waals surface area (Å²) < 4.78 is 5.25. The molecule has 3 N–H and O–H groups in total. The van der Waals surface area contributed by atoms with Crippen LogP contribution >= 0.6 is 0 Å². The van der Waals surface area contributed by atoms with Crippen LogP contribution in [0.25, 0.3) is 0 Å². The van der Waals surface area contributed by atoms with Crippen molar-refractivity contribution in [1.82, 2.24) is 15.1 Å². The van der Waals surface area contributed by atoms with E-state index >= 15 is 0 Å². The molecule has 0 radical (unpaired) electrons. The average molecular weight is 242 g/mol. The molecule has 2 heterocycles. The molecule has 0 aromatic carbocycles. The predicted octanol–water partition coefficient (Wildman–Crippen LogP) is -0.940. The Bertz CT molecular complexity index is 268. The maximum atomic E-state index is 12.1. The molecule has 6 nitrogen and oxygen atoms in total. The Morgan fingerprint density at radius 1 is 1.53 bits per heavy atom. The third-order valence-corrected chi connectivity index (χ3v) is 3.48. The second-order valence-electron chi connectivity index (χ2n) is 4.86. The van der Waals surface area contributed by atoms with Crippen LogP contribution in [0.2, 0.25) is 0 Å². The van der Waals surface area contributed by atoms with E-state index in [1.165, 1.54) is 0 Å². The highest BCUT2D eigenvalue weighted by atomic mass is 16.5. The molecule has 6 heteroatoms. The largest absolute Gasteiger partial charge is 0.379 e. The molecule has 2 unspecified atom stereocenters. The van der Waals surface area contributed by atoms with E-state index in [9.17, 15) is 4.79 Å². The van der Waals surface area contributed by atoms with Crippen LogP contribution in [0, 0.1) is 0 Å². The zero-order valence-corrected chi connectivity index (χ0v) is 10.4. The lowest BCUT2D eigenvalue weighted by molar-refractivity contribution is 0.109. The summed E-state index contributed by atoms with van der Waals surface area (Å²) in [6, 6.07) is 0.292. The van der Waals surface area contributed by atoms with Gasteiger partial charge in [0.25, 0.3) is 0 Å². The monoisotopic (exact) mass is 242 g/mol. The molecule has 0 saturated carbocycles. The van der Waals surface area contributed by atoms with Gasteiger partial charge in [0.2, 0.25) is 0 Å².